The van der Waals surface area contributed by atoms with Crippen molar-refractivity contribution in [1.29, 1.82) is 0 Å². The van der Waals surface area contributed by atoms with E-state index in [1.54, 1.807) is 12.3 Å². The molecule has 2 N–H and O–H groups in total. The first-order valence-corrected chi connectivity index (χ1v) is 5.41. The van der Waals surface area contributed by atoms with Gasteiger partial charge in [-0.15, -0.1) is 0 Å². The zero-order valence-corrected chi connectivity index (χ0v) is 9.17. The number of nitrogens with zero attached hydrogens (tertiary/aromatic N) is 2. The highest BCUT2D eigenvalue weighted by Gasteiger charge is 2.05. The number of nitrogens with two attached hydrogens (primary N) is 1. The minimum Gasteiger partial charge on any atom is -0.384 e. The number of fused-ring (bicyclic) bond motifs is 1. The van der Waals surface area contributed by atoms with Crippen molar-refractivity contribution in [2.24, 2.45) is 0 Å². The molecular weight excluding hydrogens is 210 g/mol. The average molecular weight is 221 g/mol. The standard InChI is InChI=1S/C14H11N3/c15-13-8-2-7-12(17-13)11-6-1-4-10-5-3-9-16-14(10)11/h1-9H,(H2,15,17). The predicted molar refractivity (Wildman–Crippen MR) is 69.4 cm³/mol. The zero-order valence-electron chi connectivity index (χ0n) is 9.17. The molecule has 0 aliphatic heterocycles. The summed E-state index contributed by atoms with van der Waals surface area (Å²) in [6, 6.07) is 15.7. The molecule has 0 unspecified atom stereocenters. The number of aromatic nitrogens is 2. The summed E-state index contributed by atoms with van der Waals surface area (Å²) in [5.74, 6) is 0.524. The summed E-state index contributed by atoms with van der Waals surface area (Å²) in [4.78, 5) is 8.74. The summed E-state index contributed by atoms with van der Waals surface area (Å²) >= 11 is 0. The first kappa shape index (κ1) is 9.78. The van der Waals surface area contributed by atoms with Crippen molar-refractivity contribution in [2.75, 3.05) is 5.73 Å². The molecule has 17 heavy (non-hydrogen) atoms. The van der Waals surface area contributed by atoms with Gasteiger partial charge in [-0.3, -0.25) is 4.98 Å². The topological polar surface area (TPSA) is 51.8 Å². The number of hydrogen-bond donors (Lipinski definition) is 1. The van der Waals surface area contributed by atoms with Crippen molar-refractivity contribution in [2.45, 2.75) is 0 Å². The van der Waals surface area contributed by atoms with Gasteiger partial charge in [0.1, 0.15) is 5.82 Å². The maximum atomic E-state index is 5.71. The molecule has 1 aromatic carbocycles. The molecule has 2 aromatic heterocycles. The Bertz CT molecular complexity index is 672. The van der Waals surface area contributed by atoms with E-state index in [0.717, 1.165) is 22.2 Å². The first-order valence-electron chi connectivity index (χ1n) is 5.41. The van der Waals surface area contributed by atoms with Crippen molar-refractivity contribution < 1.29 is 0 Å². The fraction of sp³-hybridized carbons (Fsp3) is 0. The van der Waals surface area contributed by atoms with Gasteiger partial charge in [0, 0.05) is 17.1 Å². The van der Waals surface area contributed by atoms with E-state index in [0.29, 0.717) is 5.82 Å². The molecule has 0 radical (unpaired) electrons. The van der Waals surface area contributed by atoms with E-state index in [4.69, 9.17) is 5.73 Å². The summed E-state index contributed by atoms with van der Waals surface area (Å²) in [6.45, 7) is 0. The first-order chi connectivity index (χ1) is 8.34. The van der Waals surface area contributed by atoms with Crippen molar-refractivity contribution in [3.63, 3.8) is 0 Å². The second kappa shape index (κ2) is 3.87. The van der Waals surface area contributed by atoms with Crippen molar-refractivity contribution >= 4 is 16.7 Å². The Kier molecular flexibility index (Phi) is 2.22. The second-order valence-corrected chi connectivity index (χ2v) is 3.83. The van der Waals surface area contributed by atoms with Gasteiger partial charge < -0.3 is 5.73 Å². The average Bonchev–Trinajstić information content (AvgIpc) is 2.38. The maximum Gasteiger partial charge on any atom is 0.124 e. The quantitative estimate of drug-likeness (QED) is 0.687. The highest BCUT2D eigenvalue weighted by atomic mass is 14.8. The SMILES string of the molecule is Nc1cccc(-c2cccc3cccnc23)n1. The smallest absolute Gasteiger partial charge is 0.124 e. The summed E-state index contributed by atoms with van der Waals surface area (Å²) in [5.41, 5.74) is 8.53. The fourth-order valence-electron chi connectivity index (χ4n) is 1.91. The Labute approximate surface area is 98.9 Å². The van der Waals surface area contributed by atoms with Crippen LogP contribution in [-0.4, -0.2) is 9.97 Å². The van der Waals surface area contributed by atoms with Crippen LogP contribution in [0.25, 0.3) is 22.2 Å². The van der Waals surface area contributed by atoms with E-state index in [2.05, 4.69) is 9.97 Å². The van der Waals surface area contributed by atoms with Gasteiger partial charge in [-0.1, -0.05) is 30.3 Å². The second-order valence-electron chi connectivity index (χ2n) is 3.83. The molecule has 0 fully saturated rings. The number of benzene rings is 1. The van der Waals surface area contributed by atoms with E-state index in [9.17, 15) is 0 Å². The highest BCUT2D eigenvalue weighted by molar-refractivity contribution is 5.92. The third kappa shape index (κ3) is 1.72. The van der Waals surface area contributed by atoms with E-state index in [1.165, 1.54) is 0 Å². The summed E-state index contributed by atoms with van der Waals surface area (Å²) in [7, 11) is 0. The van der Waals surface area contributed by atoms with Crippen LogP contribution < -0.4 is 5.73 Å². The number of hydrogen-bond acceptors (Lipinski definition) is 3. The molecule has 0 aliphatic carbocycles. The largest absolute Gasteiger partial charge is 0.384 e. The maximum absolute atomic E-state index is 5.71. The minimum absolute atomic E-state index is 0.524. The number of pyridine rings is 2. The van der Waals surface area contributed by atoms with Gasteiger partial charge in [0.25, 0.3) is 0 Å². The van der Waals surface area contributed by atoms with Crippen LogP contribution in [0, 0.1) is 0 Å². The molecule has 0 atom stereocenters. The van der Waals surface area contributed by atoms with Crippen LogP contribution in [-0.2, 0) is 0 Å². The molecule has 0 aliphatic rings. The molecule has 3 nitrogen and oxygen atoms in total. The lowest BCUT2D eigenvalue weighted by molar-refractivity contribution is 1.33. The molecule has 0 saturated heterocycles. The van der Waals surface area contributed by atoms with Crippen LogP contribution in [0.5, 0.6) is 0 Å². The Morgan fingerprint density at radius 1 is 0.882 bits per heavy atom. The van der Waals surface area contributed by atoms with Crippen LogP contribution in [0.1, 0.15) is 0 Å². The molecular formula is C14H11N3. The van der Waals surface area contributed by atoms with Gasteiger partial charge in [0.15, 0.2) is 0 Å². The van der Waals surface area contributed by atoms with Crippen LogP contribution in [0.3, 0.4) is 0 Å². The lowest BCUT2D eigenvalue weighted by Crippen LogP contribution is -1.92. The molecule has 0 spiro atoms. The molecule has 0 saturated carbocycles. The van der Waals surface area contributed by atoms with Crippen LogP contribution in [0.2, 0.25) is 0 Å². The van der Waals surface area contributed by atoms with Crippen LogP contribution in [0.4, 0.5) is 5.82 Å². The molecule has 0 bridgehead atoms. The fourth-order valence-corrected chi connectivity index (χ4v) is 1.91. The Hall–Kier alpha value is -2.42. The van der Waals surface area contributed by atoms with Gasteiger partial charge >= 0.3 is 0 Å². The third-order valence-corrected chi connectivity index (χ3v) is 2.68. The van der Waals surface area contributed by atoms with E-state index in [1.807, 2.05) is 42.5 Å². The molecule has 0 amide bonds. The van der Waals surface area contributed by atoms with E-state index < -0.39 is 0 Å². The molecule has 2 heterocycles. The monoisotopic (exact) mass is 221 g/mol. The molecule has 3 aromatic rings. The third-order valence-electron chi connectivity index (χ3n) is 2.68. The van der Waals surface area contributed by atoms with E-state index >= 15 is 0 Å². The Morgan fingerprint density at radius 2 is 1.71 bits per heavy atom. The lowest BCUT2D eigenvalue weighted by atomic mass is 10.1. The summed E-state index contributed by atoms with van der Waals surface area (Å²) in [6.07, 6.45) is 1.79. The Morgan fingerprint density at radius 3 is 2.59 bits per heavy atom. The van der Waals surface area contributed by atoms with Crippen LogP contribution >= 0.6 is 0 Å². The molecule has 3 heteroatoms. The number of rotatable bonds is 1. The minimum atomic E-state index is 0.524. The van der Waals surface area contributed by atoms with Gasteiger partial charge in [-0.05, 0) is 18.2 Å². The van der Waals surface area contributed by atoms with Crippen molar-refractivity contribution in [3.05, 3.63) is 54.7 Å². The van der Waals surface area contributed by atoms with E-state index in [-0.39, 0.29) is 0 Å². The van der Waals surface area contributed by atoms with Crippen LogP contribution in [0.15, 0.2) is 54.7 Å². The van der Waals surface area contributed by atoms with Gasteiger partial charge in [0.05, 0.1) is 11.2 Å². The summed E-state index contributed by atoms with van der Waals surface area (Å²) in [5, 5.41) is 1.11. The van der Waals surface area contributed by atoms with Gasteiger partial charge in [0.2, 0.25) is 0 Å². The highest BCUT2D eigenvalue weighted by Crippen LogP contribution is 2.25. The normalized spacial score (nSPS) is 10.6. The number of nitrogen functional groups attached to an aromatic ring is 1. The summed E-state index contributed by atoms with van der Waals surface area (Å²) < 4.78 is 0. The molecule has 82 valence electrons. The number of anilines is 1. The van der Waals surface area contributed by atoms with Gasteiger partial charge in [-0.25, -0.2) is 4.98 Å². The Balaban J connectivity index is 2.30. The molecule has 3 rings (SSSR count). The zero-order chi connectivity index (χ0) is 11.7. The van der Waals surface area contributed by atoms with Crippen molar-refractivity contribution in [1.82, 2.24) is 9.97 Å². The van der Waals surface area contributed by atoms with Gasteiger partial charge in [-0.2, -0.15) is 0 Å². The number of para-hydroxylation sites is 1. The van der Waals surface area contributed by atoms with Crippen molar-refractivity contribution in [3.8, 4) is 11.3 Å². The lowest BCUT2D eigenvalue weighted by Gasteiger charge is -2.05. The predicted octanol–water partition coefficient (Wildman–Crippen LogP) is 2.88.